The van der Waals surface area contributed by atoms with E-state index in [-0.39, 0.29) is 24.2 Å². The zero-order valence-electron chi connectivity index (χ0n) is 13.1. The van der Waals surface area contributed by atoms with Crippen LogP contribution in [0.4, 0.5) is 11.4 Å². The first-order valence-corrected chi connectivity index (χ1v) is 8.57. The zero-order valence-corrected chi connectivity index (χ0v) is 14.7. The van der Waals surface area contributed by atoms with Crippen molar-refractivity contribution in [1.82, 2.24) is 5.32 Å². The summed E-state index contributed by atoms with van der Waals surface area (Å²) in [5.41, 5.74) is 1.45. The number of hydrogen-bond acceptors (Lipinski definition) is 4. The molecule has 3 N–H and O–H groups in total. The van der Waals surface area contributed by atoms with E-state index < -0.39 is 0 Å². The van der Waals surface area contributed by atoms with Gasteiger partial charge in [-0.2, -0.15) is 0 Å². The maximum absolute atomic E-state index is 12.0. The molecule has 1 saturated heterocycles. The molecule has 0 spiro atoms. The fraction of sp³-hybridized carbons (Fsp3) is 0.294. The van der Waals surface area contributed by atoms with E-state index in [1.807, 2.05) is 11.4 Å². The molecule has 2 heterocycles. The molecule has 7 heteroatoms. The van der Waals surface area contributed by atoms with Crippen molar-refractivity contribution in [3.05, 3.63) is 46.7 Å². The highest BCUT2D eigenvalue weighted by Crippen LogP contribution is 2.17. The van der Waals surface area contributed by atoms with Crippen LogP contribution in [-0.2, 0) is 4.79 Å². The van der Waals surface area contributed by atoms with Crippen LogP contribution < -0.4 is 16.0 Å². The predicted octanol–water partition coefficient (Wildman–Crippen LogP) is 3.50. The normalized spacial score (nSPS) is 16.2. The lowest BCUT2D eigenvalue weighted by Crippen LogP contribution is -2.27. The fourth-order valence-electron chi connectivity index (χ4n) is 2.60. The van der Waals surface area contributed by atoms with E-state index >= 15 is 0 Å². The van der Waals surface area contributed by atoms with Crippen molar-refractivity contribution >= 4 is 46.9 Å². The molecule has 1 atom stereocenters. The highest BCUT2D eigenvalue weighted by atomic mass is 35.5. The summed E-state index contributed by atoms with van der Waals surface area (Å²) in [4.78, 5) is 24.6. The van der Waals surface area contributed by atoms with Gasteiger partial charge < -0.3 is 16.0 Å². The van der Waals surface area contributed by atoms with Crippen molar-refractivity contribution in [3.63, 3.8) is 0 Å². The molecular weight excluding hydrogens is 346 g/mol. The van der Waals surface area contributed by atoms with Gasteiger partial charge >= 0.3 is 0 Å². The van der Waals surface area contributed by atoms with Gasteiger partial charge in [0.2, 0.25) is 5.91 Å². The number of halogens is 1. The van der Waals surface area contributed by atoms with Crippen molar-refractivity contribution in [1.29, 1.82) is 0 Å². The third-order valence-electron chi connectivity index (χ3n) is 3.77. The van der Waals surface area contributed by atoms with E-state index in [0.717, 1.165) is 25.1 Å². The number of hydrogen-bond donors (Lipinski definition) is 3. The Bertz CT molecular complexity index is 668. The van der Waals surface area contributed by atoms with Crippen LogP contribution in [0.25, 0.3) is 0 Å². The summed E-state index contributed by atoms with van der Waals surface area (Å²) in [6, 6.07) is 11.1. The number of benzene rings is 1. The highest BCUT2D eigenvalue weighted by molar-refractivity contribution is 7.12. The van der Waals surface area contributed by atoms with E-state index in [9.17, 15) is 9.59 Å². The number of anilines is 2. The Morgan fingerprint density at radius 1 is 1.12 bits per heavy atom. The number of nitrogens with one attached hydrogen (secondary N) is 3. The van der Waals surface area contributed by atoms with E-state index in [2.05, 4.69) is 16.0 Å². The van der Waals surface area contributed by atoms with Crippen LogP contribution in [0.15, 0.2) is 41.8 Å². The molecule has 2 amide bonds. The first-order chi connectivity index (χ1) is 11.2. The van der Waals surface area contributed by atoms with Gasteiger partial charge in [-0.25, -0.2) is 0 Å². The number of carbonyl (C=O) groups excluding carboxylic acids is 2. The van der Waals surface area contributed by atoms with Gasteiger partial charge in [-0.1, -0.05) is 6.07 Å². The van der Waals surface area contributed by atoms with E-state index in [1.54, 1.807) is 30.3 Å². The number of rotatable bonds is 5. The standard InChI is InChI=1S/C17H19N3O2S.ClH/c21-16(11-14-3-1-9-18-14)19-12-5-7-13(8-6-12)20-17(22)15-4-2-10-23-15;/h2,4-8,10,14,18H,1,3,9,11H2,(H,19,21)(H,20,22);1H. The largest absolute Gasteiger partial charge is 0.326 e. The molecule has 1 aromatic heterocycles. The molecule has 0 bridgehead atoms. The maximum atomic E-state index is 12.0. The summed E-state index contributed by atoms with van der Waals surface area (Å²) < 4.78 is 0. The van der Waals surface area contributed by atoms with Crippen molar-refractivity contribution in [2.24, 2.45) is 0 Å². The molecule has 1 aliphatic heterocycles. The minimum atomic E-state index is -0.121. The Labute approximate surface area is 151 Å². The summed E-state index contributed by atoms with van der Waals surface area (Å²) in [7, 11) is 0. The first-order valence-electron chi connectivity index (χ1n) is 7.69. The van der Waals surface area contributed by atoms with Crippen LogP contribution in [0.2, 0.25) is 0 Å². The smallest absolute Gasteiger partial charge is 0.265 e. The third kappa shape index (κ3) is 5.06. The average Bonchev–Trinajstić information content (AvgIpc) is 3.22. The van der Waals surface area contributed by atoms with Gasteiger partial charge in [0.15, 0.2) is 0 Å². The van der Waals surface area contributed by atoms with Gasteiger partial charge in [-0.3, -0.25) is 9.59 Å². The van der Waals surface area contributed by atoms with Crippen LogP contribution >= 0.6 is 23.7 Å². The zero-order chi connectivity index (χ0) is 16.1. The summed E-state index contributed by atoms with van der Waals surface area (Å²) in [6.45, 7) is 0.997. The predicted molar refractivity (Wildman–Crippen MR) is 100 cm³/mol. The number of amides is 2. The van der Waals surface area contributed by atoms with Crippen LogP contribution in [-0.4, -0.2) is 24.4 Å². The lowest BCUT2D eigenvalue weighted by molar-refractivity contribution is -0.116. The quantitative estimate of drug-likeness (QED) is 0.759. The van der Waals surface area contributed by atoms with Crippen LogP contribution in [0.1, 0.15) is 28.9 Å². The monoisotopic (exact) mass is 365 g/mol. The van der Waals surface area contributed by atoms with Crippen molar-refractivity contribution in [2.75, 3.05) is 17.2 Å². The molecule has 0 radical (unpaired) electrons. The van der Waals surface area contributed by atoms with Gasteiger partial charge in [0.1, 0.15) is 0 Å². The van der Waals surface area contributed by atoms with Gasteiger partial charge in [-0.05, 0) is 55.1 Å². The molecule has 128 valence electrons. The second kappa shape index (κ2) is 8.82. The highest BCUT2D eigenvalue weighted by Gasteiger charge is 2.17. The Morgan fingerprint density at radius 3 is 2.42 bits per heavy atom. The summed E-state index contributed by atoms with van der Waals surface area (Å²) in [5.74, 6) is -0.108. The summed E-state index contributed by atoms with van der Waals surface area (Å²) >= 11 is 1.40. The van der Waals surface area contributed by atoms with Crippen LogP contribution in [0.3, 0.4) is 0 Å². The molecule has 2 aromatic rings. The van der Waals surface area contributed by atoms with Gasteiger partial charge in [0.25, 0.3) is 5.91 Å². The minimum Gasteiger partial charge on any atom is -0.326 e. The van der Waals surface area contributed by atoms with Gasteiger partial charge in [-0.15, -0.1) is 23.7 Å². The molecular formula is C17H20ClN3O2S. The Hall–Kier alpha value is -1.89. The van der Waals surface area contributed by atoms with E-state index in [0.29, 0.717) is 23.0 Å². The summed E-state index contributed by atoms with van der Waals surface area (Å²) in [6.07, 6.45) is 2.69. The first kappa shape index (κ1) is 18.4. The lowest BCUT2D eigenvalue weighted by Gasteiger charge is -2.11. The molecule has 1 unspecified atom stereocenters. The Balaban J connectivity index is 0.00000208. The minimum absolute atomic E-state index is 0. The second-order valence-corrected chi connectivity index (χ2v) is 6.50. The van der Waals surface area contributed by atoms with Gasteiger partial charge in [0, 0.05) is 23.8 Å². The topological polar surface area (TPSA) is 70.2 Å². The van der Waals surface area contributed by atoms with Crippen molar-refractivity contribution < 1.29 is 9.59 Å². The van der Waals surface area contributed by atoms with E-state index in [4.69, 9.17) is 0 Å². The summed E-state index contributed by atoms with van der Waals surface area (Å²) in [5, 5.41) is 10.9. The lowest BCUT2D eigenvalue weighted by atomic mass is 10.1. The molecule has 0 aliphatic carbocycles. The molecule has 3 rings (SSSR count). The third-order valence-corrected chi connectivity index (χ3v) is 4.63. The van der Waals surface area contributed by atoms with E-state index in [1.165, 1.54) is 11.3 Å². The van der Waals surface area contributed by atoms with Gasteiger partial charge in [0.05, 0.1) is 4.88 Å². The molecule has 1 aromatic carbocycles. The van der Waals surface area contributed by atoms with Crippen molar-refractivity contribution in [2.45, 2.75) is 25.3 Å². The van der Waals surface area contributed by atoms with Crippen molar-refractivity contribution in [3.8, 4) is 0 Å². The van der Waals surface area contributed by atoms with Crippen LogP contribution in [0, 0.1) is 0 Å². The fourth-order valence-corrected chi connectivity index (χ4v) is 3.22. The molecule has 0 saturated carbocycles. The SMILES string of the molecule is Cl.O=C(CC1CCCN1)Nc1ccc(NC(=O)c2cccs2)cc1. The number of thiophene rings is 1. The van der Waals surface area contributed by atoms with Crippen LogP contribution in [0.5, 0.6) is 0 Å². The number of carbonyl (C=O) groups is 2. The molecule has 5 nitrogen and oxygen atoms in total. The second-order valence-electron chi connectivity index (χ2n) is 5.55. The molecule has 24 heavy (non-hydrogen) atoms. The molecule has 1 fully saturated rings. The Morgan fingerprint density at radius 2 is 1.83 bits per heavy atom. The molecule has 1 aliphatic rings. The maximum Gasteiger partial charge on any atom is 0.265 e. The average molecular weight is 366 g/mol. The Kier molecular flexibility index (Phi) is 6.78.